The number of aromatic nitrogens is 4. The summed E-state index contributed by atoms with van der Waals surface area (Å²) in [5, 5.41) is 10.5. The second-order valence-corrected chi connectivity index (χ2v) is 2.87. The van der Waals surface area contributed by atoms with Crippen LogP contribution >= 0.6 is 0 Å². The number of ketones is 1. The number of carbonyl (C=O) groups excluding carboxylic acids is 1. The first-order chi connectivity index (χ1) is 5.05. The highest BCUT2D eigenvalue weighted by Gasteiger charge is 2.26. The van der Waals surface area contributed by atoms with Crippen molar-refractivity contribution in [2.75, 3.05) is 0 Å². The van der Waals surface area contributed by atoms with Crippen molar-refractivity contribution in [3.63, 3.8) is 0 Å². The van der Waals surface area contributed by atoms with Crippen molar-refractivity contribution in [1.29, 1.82) is 0 Å². The van der Waals surface area contributed by atoms with Gasteiger partial charge in [-0.1, -0.05) is 0 Å². The predicted molar refractivity (Wildman–Crippen MR) is 37.8 cm³/mol. The van der Waals surface area contributed by atoms with Gasteiger partial charge in [0.1, 0.15) is 11.9 Å². The van der Waals surface area contributed by atoms with Crippen LogP contribution in [0.3, 0.4) is 0 Å². The van der Waals surface area contributed by atoms with Crippen LogP contribution in [-0.2, 0) is 10.3 Å². The fraction of sp³-hybridized carbons (Fsp3) is 0.667. The van der Waals surface area contributed by atoms with E-state index in [0.717, 1.165) is 0 Å². The van der Waals surface area contributed by atoms with Crippen LogP contribution in [0.25, 0.3) is 0 Å². The highest BCUT2D eigenvalue weighted by Crippen LogP contribution is 2.12. The van der Waals surface area contributed by atoms with Gasteiger partial charge in [0.25, 0.3) is 0 Å². The first kappa shape index (κ1) is 7.84. The fourth-order valence-electron chi connectivity index (χ4n) is 0.579. The zero-order chi connectivity index (χ0) is 8.48. The second-order valence-electron chi connectivity index (χ2n) is 2.87. The minimum Gasteiger partial charge on any atom is -0.297 e. The van der Waals surface area contributed by atoms with Gasteiger partial charge in [-0.15, -0.1) is 5.10 Å². The summed E-state index contributed by atoms with van der Waals surface area (Å²) >= 11 is 0. The van der Waals surface area contributed by atoms with Gasteiger partial charge < -0.3 is 0 Å². The van der Waals surface area contributed by atoms with E-state index in [1.165, 1.54) is 17.9 Å². The number of hydrogen-bond donors (Lipinski definition) is 0. The van der Waals surface area contributed by atoms with E-state index >= 15 is 0 Å². The Morgan fingerprint density at radius 3 is 2.55 bits per heavy atom. The molecule has 0 aromatic carbocycles. The molecule has 1 aromatic heterocycles. The van der Waals surface area contributed by atoms with Crippen molar-refractivity contribution in [3.8, 4) is 0 Å². The first-order valence-corrected chi connectivity index (χ1v) is 3.29. The third kappa shape index (κ3) is 1.26. The van der Waals surface area contributed by atoms with Gasteiger partial charge in [0.15, 0.2) is 5.78 Å². The number of carbonyl (C=O) groups is 1. The Bertz CT molecular complexity index is 252. The number of Topliss-reactive ketones (excluding diaryl/α,β-unsaturated/α-hetero) is 1. The Hall–Kier alpha value is -1.26. The zero-order valence-corrected chi connectivity index (χ0v) is 6.77. The maximum absolute atomic E-state index is 11.0. The van der Waals surface area contributed by atoms with E-state index in [-0.39, 0.29) is 5.78 Å². The smallest absolute Gasteiger partial charge is 0.156 e. The zero-order valence-electron chi connectivity index (χ0n) is 6.77. The van der Waals surface area contributed by atoms with Crippen molar-refractivity contribution >= 4 is 5.78 Å². The molecule has 11 heavy (non-hydrogen) atoms. The van der Waals surface area contributed by atoms with Crippen molar-refractivity contribution in [3.05, 3.63) is 6.33 Å². The average molecular weight is 154 g/mol. The molecule has 5 nitrogen and oxygen atoms in total. The maximum atomic E-state index is 11.0. The van der Waals surface area contributed by atoms with E-state index in [1.54, 1.807) is 13.8 Å². The Kier molecular flexibility index (Phi) is 1.72. The lowest BCUT2D eigenvalue weighted by Crippen LogP contribution is -2.34. The number of tetrazole rings is 1. The van der Waals surface area contributed by atoms with Crippen LogP contribution in [0, 0.1) is 0 Å². The topological polar surface area (TPSA) is 60.7 Å². The number of hydrogen-bond acceptors (Lipinski definition) is 4. The molecule has 5 heteroatoms. The van der Waals surface area contributed by atoms with Crippen LogP contribution in [0.5, 0.6) is 0 Å². The summed E-state index contributed by atoms with van der Waals surface area (Å²) in [6.07, 6.45) is 1.43. The second kappa shape index (κ2) is 2.41. The Morgan fingerprint density at radius 2 is 2.18 bits per heavy atom. The molecule has 0 radical (unpaired) electrons. The summed E-state index contributed by atoms with van der Waals surface area (Å²) in [5.74, 6) is 0.0322. The molecule has 0 saturated heterocycles. The van der Waals surface area contributed by atoms with E-state index in [4.69, 9.17) is 0 Å². The van der Waals surface area contributed by atoms with Crippen LogP contribution in [0.2, 0.25) is 0 Å². The highest BCUT2D eigenvalue weighted by molar-refractivity contribution is 5.83. The standard InChI is InChI=1S/C6H10N4O/c1-5(11)6(2,3)10-4-7-8-9-10/h4H,1-3H3. The lowest BCUT2D eigenvalue weighted by molar-refractivity contribution is -0.124. The van der Waals surface area contributed by atoms with Crippen molar-refractivity contribution in [2.24, 2.45) is 0 Å². The number of nitrogens with zero attached hydrogens (tertiary/aromatic N) is 4. The van der Waals surface area contributed by atoms with Gasteiger partial charge in [0, 0.05) is 0 Å². The van der Waals surface area contributed by atoms with Crippen LogP contribution in [-0.4, -0.2) is 26.0 Å². The van der Waals surface area contributed by atoms with Crippen molar-refractivity contribution in [2.45, 2.75) is 26.3 Å². The molecule has 1 heterocycles. The van der Waals surface area contributed by atoms with Gasteiger partial charge in [-0.25, -0.2) is 4.68 Å². The summed E-state index contributed by atoms with van der Waals surface area (Å²) in [6.45, 7) is 5.05. The summed E-state index contributed by atoms with van der Waals surface area (Å²) < 4.78 is 1.44. The molecular weight excluding hydrogens is 144 g/mol. The molecule has 0 saturated carbocycles. The van der Waals surface area contributed by atoms with Crippen LogP contribution in [0.15, 0.2) is 6.33 Å². The molecule has 0 spiro atoms. The van der Waals surface area contributed by atoms with E-state index < -0.39 is 5.54 Å². The van der Waals surface area contributed by atoms with Gasteiger partial charge in [0.05, 0.1) is 0 Å². The van der Waals surface area contributed by atoms with Crippen LogP contribution in [0.4, 0.5) is 0 Å². The van der Waals surface area contributed by atoms with Crippen LogP contribution < -0.4 is 0 Å². The molecule has 0 N–H and O–H groups in total. The quantitative estimate of drug-likeness (QED) is 0.601. The van der Waals surface area contributed by atoms with Crippen LogP contribution in [0.1, 0.15) is 20.8 Å². The van der Waals surface area contributed by atoms with Crippen molar-refractivity contribution < 1.29 is 4.79 Å². The predicted octanol–water partition coefficient (Wildman–Crippen LogP) is -0.00280. The van der Waals surface area contributed by atoms with Gasteiger partial charge in [-0.2, -0.15) is 0 Å². The first-order valence-electron chi connectivity index (χ1n) is 3.29. The molecule has 0 aliphatic carbocycles. The van der Waals surface area contributed by atoms with Crippen molar-refractivity contribution in [1.82, 2.24) is 20.2 Å². The Labute approximate surface area is 64.4 Å². The Balaban J connectivity index is 3.00. The summed E-state index contributed by atoms with van der Waals surface area (Å²) in [7, 11) is 0. The van der Waals surface area contributed by atoms with E-state index in [1.807, 2.05) is 0 Å². The molecule has 0 aliphatic heterocycles. The lowest BCUT2D eigenvalue weighted by atomic mass is 10.0. The minimum atomic E-state index is -0.635. The molecule has 1 aromatic rings. The minimum absolute atomic E-state index is 0.0322. The maximum Gasteiger partial charge on any atom is 0.156 e. The summed E-state index contributed by atoms with van der Waals surface area (Å²) in [5.41, 5.74) is -0.635. The highest BCUT2D eigenvalue weighted by atomic mass is 16.1. The molecule has 0 bridgehead atoms. The average Bonchev–Trinajstić information content (AvgIpc) is 2.37. The number of rotatable bonds is 2. The van der Waals surface area contributed by atoms with Gasteiger partial charge in [-0.05, 0) is 31.2 Å². The molecule has 0 aliphatic rings. The fourth-order valence-corrected chi connectivity index (χ4v) is 0.579. The van der Waals surface area contributed by atoms with E-state index in [9.17, 15) is 4.79 Å². The van der Waals surface area contributed by atoms with Gasteiger partial charge in [0.2, 0.25) is 0 Å². The third-order valence-electron chi connectivity index (χ3n) is 1.78. The normalized spacial score (nSPS) is 11.5. The lowest BCUT2D eigenvalue weighted by Gasteiger charge is -2.19. The molecule has 0 fully saturated rings. The van der Waals surface area contributed by atoms with Gasteiger partial charge >= 0.3 is 0 Å². The Morgan fingerprint density at radius 1 is 1.55 bits per heavy atom. The molecule has 0 unspecified atom stereocenters. The molecule has 1 rings (SSSR count). The third-order valence-corrected chi connectivity index (χ3v) is 1.78. The van der Waals surface area contributed by atoms with Gasteiger partial charge in [-0.3, -0.25) is 4.79 Å². The SMILES string of the molecule is CC(=O)C(C)(C)n1cnnn1. The molecule has 0 atom stereocenters. The van der Waals surface area contributed by atoms with E-state index in [0.29, 0.717) is 0 Å². The monoisotopic (exact) mass is 154 g/mol. The van der Waals surface area contributed by atoms with E-state index in [2.05, 4.69) is 15.5 Å². The molecule has 60 valence electrons. The molecule has 0 amide bonds. The summed E-state index contributed by atoms with van der Waals surface area (Å²) in [6, 6.07) is 0. The largest absolute Gasteiger partial charge is 0.297 e. The summed E-state index contributed by atoms with van der Waals surface area (Å²) in [4.78, 5) is 11.0. The molecular formula is C6H10N4O.